The Bertz CT molecular complexity index is 4680. The third-order valence-electron chi connectivity index (χ3n) is 34.5. The van der Waals surface area contributed by atoms with Crippen LogP contribution in [0.1, 0.15) is 362 Å². The quantitative estimate of drug-likeness (QED) is 0.0305. The van der Waals surface area contributed by atoms with Gasteiger partial charge >= 0.3 is 48.3 Å². The zero-order chi connectivity index (χ0) is 96.6. The molecule has 0 aromatic heterocycles. The van der Waals surface area contributed by atoms with Gasteiger partial charge in [-0.05, 0) is 365 Å². The Balaban J connectivity index is 0.000000183. The predicted octanol–water partition coefficient (Wildman–Crippen LogP) is 34.5. The second-order valence-electron chi connectivity index (χ2n) is 45.8. The monoisotopic (exact) mass is 2080 g/mol. The largest absolute Gasteiger partial charge is 2.00 e. The van der Waals surface area contributed by atoms with Crippen LogP contribution in [0.4, 0.5) is 0 Å². The Morgan fingerprint density at radius 3 is 0.835 bits per heavy atom. The summed E-state index contributed by atoms with van der Waals surface area (Å²) in [6.07, 6.45) is 56.1. The number of hydrogen-bond donors (Lipinski definition) is 0. The maximum Gasteiger partial charge on any atom is 2.00 e. The minimum absolute atomic E-state index is 0. The summed E-state index contributed by atoms with van der Waals surface area (Å²) >= 11 is 0. The molecule has 10 saturated carbocycles. The Labute approximate surface area is 869 Å². The summed E-state index contributed by atoms with van der Waals surface area (Å²) in [5.41, 5.74) is 11.9. The molecule has 17 rings (SSSR count). The van der Waals surface area contributed by atoms with Crippen LogP contribution >= 0.6 is 62.9 Å². The number of ether oxygens (including phenoxy) is 2. The van der Waals surface area contributed by atoms with Gasteiger partial charge in [0, 0.05) is 39.6 Å². The fraction of sp³-hybridized carbons (Fsp3) is 0.645. The van der Waals surface area contributed by atoms with E-state index < -0.39 is 47.0 Å². The molecule has 7 aromatic rings. The van der Waals surface area contributed by atoms with Gasteiger partial charge in [-0.2, -0.15) is 0 Å². The summed E-state index contributed by atoms with van der Waals surface area (Å²) in [6.45, 7) is 36.5. The van der Waals surface area contributed by atoms with Gasteiger partial charge in [-0.25, -0.2) is 0 Å². The summed E-state index contributed by atoms with van der Waals surface area (Å²) in [7, 11) is -3.30. The summed E-state index contributed by atoms with van der Waals surface area (Å²) in [5.74, 6) is 9.56. The van der Waals surface area contributed by atoms with Crippen molar-refractivity contribution in [3.63, 3.8) is 0 Å². The molecule has 10 aliphatic carbocycles. The number of aryl methyl sites for hydroxylation is 4. The first kappa shape index (κ1) is 118. The van der Waals surface area contributed by atoms with Crippen LogP contribution in [0.5, 0.6) is 11.5 Å². The molecule has 0 N–H and O–H groups in total. The van der Waals surface area contributed by atoms with Gasteiger partial charge in [0.05, 0.1) is 14.2 Å². The first-order valence-electron chi connectivity index (χ1n) is 55.4. The smallest absolute Gasteiger partial charge is 0.496 e. The van der Waals surface area contributed by atoms with Crippen molar-refractivity contribution in [2.24, 2.45) is 71.0 Å². The van der Waals surface area contributed by atoms with Gasteiger partial charge in [0.15, 0.2) is 44.2 Å². The van der Waals surface area contributed by atoms with Crippen molar-refractivity contribution in [2.75, 3.05) is 14.2 Å². The Morgan fingerprint density at radius 2 is 0.532 bits per heavy atom. The van der Waals surface area contributed by atoms with Crippen LogP contribution in [0.15, 0.2) is 158 Å². The van der Waals surface area contributed by atoms with Crippen LogP contribution in [0.3, 0.4) is 0 Å². The Hall–Kier alpha value is -3.22. The molecule has 7 aromatic carbocycles. The summed E-state index contributed by atoms with van der Waals surface area (Å²) in [5, 5.41) is 12.6. The average molecular weight is 2080 g/mol. The van der Waals surface area contributed by atoms with Crippen LogP contribution in [-0.2, 0) is 35.3 Å². The van der Waals surface area contributed by atoms with E-state index in [0.29, 0.717) is 78.2 Å². The van der Waals surface area contributed by atoms with E-state index in [1.54, 1.807) is 96.6 Å². The van der Waals surface area contributed by atoms with Crippen LogP contribution < -0.4 is 62.5 Å². The van der Waals surface area contributed by atoms with Crippen molar-refractivity contribution in [1.29, 1.82) is 0 Å². The maximum absolute atomic E-state index is 14.6. The van der Waals surface area contributed by atoms with E-state index in [4.69, 9.17) is 9.47 Å². The maximum atomic E-state index is 14.6. The van der Waals surface area contributed by atoms with Gasteiger partial charge in [0.25, 0.3) is 0 Å². The average Bonchev–Trinajstić information content (AvgIpc) is 1.50. The van der Waals surface area contributed by atoms with Crippen LogP contribution in [0.2, 0.25) is 0 Å². The molecule has 139 heavy (non-hydrogen) atoms. The molecule has 0 aliphatic heterocycles. The number of methoxy groups -OCH3 is 2. The molecule has 10 fully saturated rings. The van der Waals surface area contributed by atoms with Gasteiger partial charge in [0.2, 0.25) is 0 Å². The van der Waals surface area contributed by atoms with Crippen LogP contribution in [-0.4, -0.2) is 70.8 Å². The van der Waals surface area contributed by atoms with Crippen molar-refractivity contribution in [3.05, 3.63) is 195 Å². The van der Waals surface area contributed by atoms with Gasteiger partial charge in [-0.1, -0.05) is 330 Å². The first-order valence-corrected chi connectivity index (χ1v) is 66.5. The van der Waals surface area contributed by atoms with Crippen molar-refractivity contribution >= 4 is 116 Å². The fourth-order valence-corrected chi connectivity index (χ4v) is 52.3. The second-order valence-corrected chi connectivity index (χ2v) is 63.6. The minimum Gasteiger partial charge on any atom is -0.496 e. The third kappa shape index (κ3) is 31.2. The van der Waals surface area contributed by atoms with Crippen molar-refractivity contribution in [2.45, 2.75) is 424 Å². The molecule has 764 valence electrons. The zero-order valence-electron chi connectivity index (χ0n) is 90.4. The van der Waals surface area contributed by atoms with Gasteiger partial charge < -0.3 is 24.3 Å². The minimum atomic E-state index is -1.56. The molecule has 0 spiro atoms. The summed E-state index contributed by atoms with van der Waals surface area (Å²) in [6, 6.07) is 56.9. The van der Waals surface area contributed by atoms with Crippen molar-refractivity contribution in [1.82, 2.24) is 0 Å². The molecule has 0 amide bonds. The predicted molar refractivity (Wildman–Crippen MR) is 617 cm³/mol. The molecule has 15 heteroatoms. The van der Waals surface area contributed by atoms with Gasteiger partial charge in [0.1, 0.15) is 11.5 Å². The second kappa shape index (κ2) is 58.7. The molecule has 10 aliphatic rings. The first-order chi connectivity index (χ1) is 65.7. The molecule has 0 radical (unpaired) electrons. The van der Waals surface area contributed by atoms with Gasteiger partial charge in [-0.15, -0.1) is 0 Å². The standard InChI is InChI=1S/C34H45O3P2.C28H45OP2.C28H33OP2.C17H31P.C15H28OP.2CH3.Fe/c1-21(2)29-15-14-22(3)16-32(29)39(35)31-13-11-10-12-30(31)38(27-17-23(4)33(36-8)24(5)18-27)28-19-25(6)34(37-9)26(7)20-28;2*1-21(2)25-19-18-22(3)20-28(25)31(29)27-17-11-10-16-26(27)30(23-12-6-4-7-13-23)24-14-8-5-9-15-24;1-3-9-15(10-4-1)18(17-13-7-8-14-17)16-11-5-2-6-12-16;1-11(2)14-9-8-12(3)10-15(14)17(16)13-6-4-5-7-13;;;/h10-13,17-22,29,32H,14-16H2,1-9H3;10-11,16-17,21-25,28H,4-9,12-15,18-20H2,1-3H3;4-17,21-22,25,28H,18-20H2,1-3H3;15-17H,1-14H2;11-15H,4-10H2,1-3H3;2*1H3;/q3*+1;;+1;2*-1;+2/t22-,29+,32-;2*22-,25+,28-;;12-,14+,15-;;;/m111.1.../s1. The van der Waals surface area contributed by atoms with Gasteiger partial charge in [-0.3, -0.25) is 0 Å². The summed E-state index contributed by atoms with van der Waals surface area (Å²) < 4.78 is 67.4. The number of hydrogen-bond acceptors (Lipinski definition) is 6. The molecular weight excluding hydrogens is 1890 g/mol. The molecule has 0 saturated heterocycles. The SMILES string of the molecule is C1CCC(P(C2CCCCC2)C2CCCC2)CC1.CC(C)[C@@H]1CC[C@@H](C)C[C@H]1[P+](=O)C1CCCC1.CC(C)[C@@H]1CC[C@@H](C)C[C@H]1[P+](=O)c1ccccc1P(C1CCCCC1)C1CCCCC1.CC(C)[C@@H]1CC[C@@H](C)C[C@H]1[P+](=O)c1ccccc1P(c1ccccc1)c1ccccc1.COc1c(C)cc(P(c2cc(C)c(OC)c(C)c2)c2ccccc2[P+](=O)[C@@H]2C[C@H](C)CC[C@H]2C(C)C)cc1C.[CH3-].[CH3-].[Fe+2]. The third-order valence-corrected chi connectivity index (χ3v) is 56.2. The van der Waals surface area contributed by atoms with E-state index in [-0.39, 0.29) is 51.2 Å². The molecular formula is C124H188FeO6P8+4. The molecule has 0 bridgehead atoms. The molecule has 16 atom stereocenters. The van der Waals surface area contributed by atoms with Crippen LogP contribution in [0, 0.1) is 114 Å². The molecule has 4 unspecified atom stereocenters. The fourth-order valence-electron chi connectivity index (χ4n) is 27.3. The van der Waals surface area contributed by atoms with E-state index in [1.807, 2.05) is 0 Å². The van der Waals surface area contributed by atoms with Crippen molar-refractivity contribution < 1.29 is 44.8 Å². The Kier molecular flexibility index (Phi) is 49.7. The van der Waals surface area contributed by atoms with E-state index >= 15 is 0 Å². The van der Waals surface area contributed by atoms with E-state index in [1.165, 1.54) is 215 Å². The van der Waals surface area contributed by atoms with Crippen LogP contribution in [0.25, 0.3) is 0 Å². The molecule has 6 nitrogen and oxygen atoms in total. The zero-order valence-corrected chi connectivity index (χ0v) is 98.6. The molecule has 0 heterocycles. The number of benzene rings is 7. The normalized spacial score (nSPS) is 25.3. The van der Waals surface area contributed by atoms with E-state index in [9.17, 15) is 18.3 Å². The topological polar surface area (TPSA) is 86.7 Å². The van der Waals surface area contributed by atoms with E-state index in [2.05, 4.69) is 269 Å². The van der Waals surface area contributed by atoms with Crippen molar-refractivity contribution in [3.8, 4) is 11.5 Å². The Morgan fingerprint density at radius 1 is 0.288 bits per heavy atom. The van der Waals surface area contributed by atoms with E-state index in [0.717, 1.165) is 92.7 Å². The number of rotatable bonds is 26. The summed E-state index contributed by atoms with van der Waals surface area (Å²) in [4.78, 5) is 0.